The molecule has 9 heteroatoms. The highest BCUT2D eigenvalue weighted by Crippen LogP contribution is 2.32. The maximum absolute atomic E-state index is 13.2. The third-order valence-corrected chi connectivity index (χ3v) is 6.80. The molecule has 196 valence electrons. The van der Waals surface area contributed by atoms with E-state index in [0.29, 0.717) is 55.3 Å². The van der Waals surface area contributed by atoms with Crippen LogP contribution in [0.3, 0.4) is 0 Å². The summed E-state index contributed by atoms with van der Waals surface area (Å²) in [6.07, 6.45) is 0. The zero-order chi connectivity index (χ0) is 26.5. The fraction of sp³-hybridized carbons (Fsp3) is 0.393. The summed E-state index contributed by atoms with van der Waals surface area (Å²) >= 11 is 0. The highest BCUT2D eigenvalue weighted by atomic mass is 16.5. The average molecular weight is 507 g/mol. The summed E-state index contributed by atoms with van der Waals surface area (Å²) in [4.78, 5) is 44.6. The summed E-state index contributed by atoms with van der Waals surface area (Å²) in [5.74, 6) is 0.158. The van der Waals surface area contributed by atoms with Crippen LogP contribution in [-0.4, -0.2) is 86.1 Å². The van der Waals surface area contributed by atoms with E-state index in [4.69, 9.17) is 9.47 Å². The van der Waals surface area contributed by atoms with Gasteiger partial charge < -0.3 is 19.7 Å². The van der Waals surface area contributed by atoms with Crippen molar-refractivity contribution < 1.29 is 23.9 Å². The molecule has 1 unspecified atom stereocenters. The number of carbonyl (C=O) groups is 3. The number of esters is 1. The first-order chi connectivity index (χ1) is 17.8. The first-order valence-corrected chi connectivity index (χ1v) is 12.5. The summed E-state index contributed by atoms with van der Waals surface area (Å²) in [6, 6.07) is 14.0. The van der Waals surface area contributed by atoms with Crippen molar-refractivity contribution in [1.29, 1.82) is 0 Å². The van der Waals surface area contributed by atoms with Gasteiger partial charge in [-0.05, 0) is 37.6 Å². The molecule has 0 aliphatic carbocycles. The summed E-state index contributed by atoms with van der Waals surface area (Å²) in [7, 11) is 3.24. The molecule has 1 saturated heterocycles. The molecule has 0 bridgehead atoms. The van der Waals surface area contributed by atoms with E-state index in [2.05, 4.69) is 10.2 Å². The molecule has 0 saturated carbocycles. The highest BCUT2D eigenvalue weighted by molar-refractivity contribution is 5.95. The molecule has 0 radical (unpaired) electrons. The zero-order valence-corrected chi connectivity index (χ0v) is 21.8. The number of carbonyl (C=O) groups excluding carboxylic acids is 3. The van der Waals surface area contributed by atoms with Crippen molar-refractivity contribution in [2.24, 2.45) is 0 Å². The van der Waals surface area contributed by atoms with Crippen LogP contribution in [-0.2, 0) is 9.53 Å². The summed E-state index contributed by atoms with van der Waals surface area (Å²) < 4.78 is 10.7. The molecule has 1 N–H and O–H groups in total. The predicted molar refractivity (Wildman–Crippen MR) is 139 cm³/mol. The Morgan fingerprint density at radius 1 is 1.05 bits per heavy atom. The van der Waals surface area contributed by atoms with Crippen LogP contribution >= 0.6 is 0 Å². The quantitative estimate of drug-likeness (QED) is 0.581. The lowest BCUT2D eigenvalue weighted by Crippen LogP contribution is -2.53. The van der Waals surface area contributed by atoms with Crippen molar-refractivity contribution in [3.8, 4) is 5.75 Å². The summed E-state index contributed by atoms with van der Waals surface area (Å²) in [6.45, 7) is 6.66. The number of nitrogens with one attached hydrogen (secondary N) is 1. The summed E-state index contributed by atoms with van der Waals surface area (Å²) in [5.41, 5.74) is 3.50. The van der Waals surface area contributed by atoms with Crippen molar-refractivity contribution in [2.45, 2.75) is 19.9 Å². The van der Waals surface area contributed by atoms with Crippen LogP contribution in [0.2, 0.25) is 0 Å². The van der Waals surface area contributed by atoms with Crippen LogP contribution in [0.25, 0.3) is 0 Å². The van der Waals surface area contributed by atoms with Gasteiger partial charge in [0.05, 0.1) is 25.3 Å². The van der Waals surface area contributed by atoms with Gasteiger partial charge in [-0.15, -0.1) is 0 Å². The van der Waals surface area contributed by atoms with Gasteiger partial charge in [0, 0.05) is 51.0 Å². The van der Waals surface area contributed by atoms with Crippen molar-refractivity contribution in [3.63, 3.8) is 0 Å². The third-order valence-electron chi connectivity index (χ3n) is 6.80. The lowest BCUT2D eigenvalue weighted by atomic mass is 9.93. The molecule has 9 nitrogen and oxygen atoms in total. The van der Waals surface area contributed by atoms with Crippen LogP contribution in [0.5, 0.6) is 5.75 Å². The van der Waals surface area contributed by atoms with Crippen molar-refractivity contribution >= 4 is 17.9 Å². The van der Waals surface area contributed by atoms with E-state index in [9.17, 15) is 14.4 Å². The second kappa shape index (κ2) is 11.5. The number of benzene rings is 2. The molecule has 2 aromatic rings. The molecular formula is C28H34N4O5. The Balaban J connectivity index is 1.55. The average Bonchev–Trinajstić information content (AvgIpc) is 2.91. The number of hydrogen-bond acceptors (Lipinski definition) is 6. The number of amides is 3. The molecule has 2 aliphatic rings. The van der Waals surface area contributed by atoms with E-state index >= 15 is 0 Å². The molecule has 1 atom stereocenters. The minimum Gasteiger partial charge on any atom is -0.497 e. The van der Waals surface area contributed by atoms with Gasteiger partial charge in [-0.1, -0.05) is 35.9 Å². The highest BCUT2D eigenvalue weighted by Gasteiger charge is 2.37. The van der Waals surface area contributed by atoms with Gasteiger partial charge in [-0.25, -0.2) is 9.59 Å². The van der Waals surface area contributed by atoms with Gasteiger partial charge in [0.15, 0.2) is 0 Å². The van der Waals surface area contributed by atoms with Crippen LogP contribution in [0.4, 0.5) is 4.79 Å². The number of aryl methyl sites for hydroxylation is 1. The molecule has 2 aromatic carbocycles. The van der Waals surface area contributed by atoms with Crippen molar-refractivity contribution in [3.05, 3.63) is 76.5 Å². The Labute approximate surface area is 217 Å². The number of nitrogens with zero attached hydrogens (tertiary/aromatic N) is 3. The number of methoxy groups -OCH3 is 1. The lowest BCUT2D eigenvalue weighted by Gasteiger charge is -2.39. The fourth-order valence-electron chi connectivity index (χ4n) is 4.76. The molecular weight excluding hydrogens is 472 g/mol. The van der Waals surface area contributed by atoms with Crippen LogP contribution < -0.4 is 10.1 Å². The van der Waals surface area contributed by atoms with E-state index in [1.165, 1.54) is 4.90 Å². The van der Waals surface area contributed by atoms with Gasteiger partial charge in [0.2, 0.25) is 0 Å². The smallest absolute Gasteiger partial charge is 0.338 e. The predicted octanol–water partition coefficient (Wildman–Crippen LogP) is 2.97. The normalized spacial score (nSPS) is 18.5. The maximum atomic E-state index is 13.2. The van der Waals surface area contributed by atoms with Gasteiger partial charge in [-0.2, -0.15) is 0 Å². The number of piperazine rings is 1. The molecule has 2 aliphatic heterocycles. The fourth-order valence-corrected chi connectivity index (χ4v) is 4.76. The number of hydrogen-bond donors (Lipinski definition) is 1. The topological polar surface area (TPSA) is 91.4 Å². The lowest BCUT2D eigenvalue weighted by molar-refractivity contribution is -0.139. The Morgan fingerprint density at radius 3 is 2.46 bits per heavy atom. The van der Waals surface area contributed by atoms with Gasteiger partial charge in [-0.3, -0.25) is 14.6 Å². The monoisotopic (exact) mass is 506 g/mol. The van der Waals surface area contributed by atoms with E-state index in [-0.39, 0.29) is 18.5 Å². The van der Waals surface area contributed by atoms with Gasteiger partial charge in [0.1, 0.15) is 5.75 Å². The van der Waals surface area contributed by atoms with Crippen molar-refractivity contribution in [2.75, 3.05) is 53.5 Å². The van der Waals surface area contributed by atoms with Crippen LogP contribution in [0.15, 0.2) is 59.8 Å². The molecule has 0 spiro atoms. The third kappa shape index (κ3) is 5.77. The largest absolute Gasteiger partial charge is 0.497 e. The molecule has 1 fully saturated rings. The Morgan fingerprint density at radius 2 is 1.78 bits per heavy atom. The second-order valence-electron chi connectivity index (χ2n) is 9.24. The van der Waals surface area contributed by atoms with Crippen molar-refractivity contribution in [1.82, 2.24) is 20.0 Å². The van der Waals surface area contributed by atoms with Crippen LogP contribution in [0, 0.1) is 6.92 Å². The molecule has 37 heavy (non-hydrogen) atoms. The Bertz CT molecular complexity index is 1200. The molecule has 4 rings (SSSR count). The van der Waals surface area contributed by atoms with Crippen LogP contribution in [0.1, 0.15) is 34.5 Å². The van der Waals surface area contributed by atoms with E-state index < -0.39 is 12.0 Å². The number of ether oxygens (including phenoxy) is 2. The number of likely N-dealkylation sites (N-methyl/N-ethyl adjacent to an activating group) is 1. The van der Waals surface area contributed by atoms with E-state index in [0.717, 1.165) is 11.1 Å². The minimum atomic E-state index is -0.603. The molecule has 3 amide bonds. The molecule has 2 heterocycles. The maximum Gasteiger partial charge on any atom is 0.338 e. The first kappa shape index (κ1) is 26.2. The number of urea groups is 1. The minimum absolute atomic E-state index is 0.0429. The standard InChI is InChI=1S/C28H34N4O5/c1-5-37-27(34)24-23(30(3)28(35)29-25(24)20-9-6-8-19(2)16-20)18-31-12-14-32(15-13-31)26(33)21-10-7-11-22(17-21)36-4/h6-11,16-17,25H,5,12-15,18H2,1-4H3,(H,29,35). The Kier molecular flexibility index (Phi) is 8.13. The van der Waals surface area contributed by atoms with E-state index in [1.807, 2.05) is 42.2 Å². The van der Waals surface area contributed by atoms with E-state index in [1.54, 1.807) is 39.3 Å². The van der Waals surface area contributed by atoms with Gasteiger partial charge in [0.25, 0.3) is 5.91 Å². The zero-order valence-electron chi connectivity index (χ0n) is 21.8. The SMILES string of the molecule is CCOC(=O)C1=C(CN2CCN(C(=O)c3cccc(OC)c3)CC2)N(C)C(=O)NC1c1cccc(C)c1. The Hall–Kier alpha value is -3.85. The summed E-state index contributed by atoms with van der Waals surface area (Å²) in [5, 5.41) is 2.96. The van der Waals surface area contributed by atoms with Gasteiger partial charge >= 0.3 is 12.0 Å². The number of rotatable bonds is 7. The first-order valence-electron chi connectivity index (χ1n) is 12.5. The second-order valence-corrected chi connectivity index (χ2v) is 9.24. The molecule has 0 aromatic heterocycles.